The van der Waals surface area contributed by atoms with Crippen molar-refractivity contribution in [1.82, 2.24) is 5.32 Å². The maximum Gasteiger partial charge on any atom is 0.266 e. The SMILES string of the molecule is O=C(CCC/C=C\C/C=C\C/C=C\C/C=C\CCCCCO)NCCS(=O)(=O)O. The van der Waals surface area contributed by atoms with Crippen molar-refractivity contribution in [2.24, 2.45) is 0 Å². The number of carbonyl (C=O) groups excluding carboxylic acids is 1. The predicted octanol–water partition coefficient (Wildman–Crippen LogP) is 4.11. The summed E-state index contributed by atoms with van der Waals surface area (Å²) in [5, 5.41) is 11.1. The van der Waals surface area contributed by atoms with Crippen LogP contribution in [0.2, 0.25) is 0 Å². The molecule has 0 heterocycles. The number of hydrogen-bond acceptors (Lipinski definition) is 4. The van der Waals surface area contributed by atoms with Crippen molar-refractivity contribution in [3.63, 3.8) is 0 Å². The first-order chi connectivity index (χ1) is 14.0. The van der Waals surface area contributed by atoms with Gasteiger partial charge >= 0.3 is 0 Å². The summed E-state index contributed by atoms with van der Waals surface area (Å²) in [4.78, 5) is 11.5. The summed E-state index contributed by atoms with van der Waals surface area (Å²) in [7, 11) is -4.02. The van der Waals surface area contributed by atoms with Crippen molar-refractivity contribution < 1.29 is 22.9 Å². The number of hydrogen-bond donors (Lipinski definition) is 3. The van der Waals surface area contributed by atoms with Crippen LogP contribution in [-0.4, -0.2) is 42.9 Å². The van der Waals surface area contributed by atoms with Gasteiger partial charge in [0.2, 0.25) is 5.91 Å². The van der Waals surface area contributed by atoms with E-state index >= 15 is 0 Å². The fourth-order valence-corrected chi connectivity index (χ4v) is 2.75. The van der Waals surface area contributed by atoms with E-state index in [1.807, 2.05) is 6.08 Å². The van der Waals surface area contributed by atoms with E-state index in [-0.39, 0.29) is 12.5 Å². The molecule has 3 N–H and O–H groups in total. The van der Waals surface area contributed by atoms with Gasteiger partial charge in [-0.05, 0) is 51.4 Å². The molecule has 0 saturated heterocycles. The molecule has 0 aliphatic carbocycles. The highest BCUT2D eigenvalue weighted by molar-refractivity contribution is 7.85. The highest BCUT2D eigenvalue weighted by Crippen LogP contribution is 2.01. The summed E-state index contributed by atoms with van der Waals surface area (Å²) >= 11 is 0. The zero-order chi connectivity index (χ0) is 21.6. The Morgan fingerprint density at radius 2 is 1.28 bits per heavy atom. The minimum absolute atomic E-state index is 0.0611. The van der Waals surface area contributed by atoms with Gasteiger partial charge in [-0.1, -0.05) is 55.0 Å². The smallest absolute Gasteiger partial charge is 0.266 e. The highest BCUT2D eigenvalue weighted by Gasteiger charge is 2.05. The van der Waals surface area contributed by atoms with Gasteiger partial charge in [-0.3, -0.25) is 9.35 Å². The fraction of sp³-hybridized carbons (Fsp3) is 0.591. The Kier molecular flexibility index (Phi) is 18.5. The summed E-state index contributed by atoms with van der Waals surface area (Å²) in [6, 6.07) is 0. The molecule has 7 heteroatoms. The number of aliphatic hydroxyl groups excluding tert-OH is 1. The third kappa shape index (κ3) is 24.3. The molecule has 0 spiro atoms. The molecule has 0 saturated carbocycles. The van der Waals surface area contributed by atoms with Crippen LogP contribution in [0.5, 0.6) is 0 Å². The monoisotopic (exact) mass is 427 g/mol. The Morgan fingerprint density at radius 1 is 0.759 bits per heavy atom. The van der Waals surface area contributed by atoms with E-state index in [0.717, 1.165) is 51.4 Å². The fourth-order valence-electron chi connectivity index (χ4n) is 2.39. The Balaban J connectivity index is 3.52. The van der Waals surface area contributed by atoms with E-state index in [1.54, 1.807) is 0 Å². The van der Waals surface area contributed by atoms with Crippen molar-refractivity contribution in [3.8, 4) is 0 Å². The second-order valence-corrected chi connectivity index (χ2v) is 8.27. The third-order valence-electron chi connectivity index (χ3n) is 3.97. The van der Waals surface area contributed by atoms with Gasteiger partial charge in [0.05, 0.1) is 5.75 Å². The van der Waals surface area contributed by atoms with Gasteiger partial charge < -0.3 is 10.4 Å². The number of rotatable bonds is 18. The first kappa shape index (κ1) is 27.3. The molecule has 0 aliphatic heterocycles. The van der Waals surface area contributed by atoms with E-state index in [4.69, 9.17) is 9.66 Å². The van der Waals surface area contributed by atoms with E-state index in [9.17, 15) is 13.2 Å². The van der Waals surface area contributed by atoms with Crippen molar-refractivity contribution in [2.45, 2.75) is 64.2 Å². The molecule has 0 aliphatic rings. The van der Waals surface area contributed by atoms with E-state index in [2.05, 4.69) is 47.8 Å². The second kappa shape index (κ2) is 19.6. The normalized spacial score (nSPS) is 12.8. The minimum atomic E-state index is -4.02. The molecule has 0 aromatic carbocycles. The molecule has 0 aromatic heterocycles. The van der Waals surface area contributed by atoms with Crippen molar-refractivity contribution in [2.75, 3.05) is 18.9 Å². The van der Waals surface area contributed by atoms with Gasteiger partial charge in [0.25, 0.3) is 10.1 Å². The lowest BCUT2D eigenvalue weighted by molar-refractivity contribution is -0.121. The average Bonchev–Trinajstić information content (AvgIpc) is 2.66. The predicted molar refractivity (Wildman–Crippen MR) is 119 cm³/mol. The maximum absolute atomic E-state index is 11.5. The lowest BCUT2D eigenvalue weighted by atomic mass is 10.2. The van der Waals surface area contributed by atoms with Gasteiger partial charge in [0.1, 0.15) is 0 Å². The molecule has 0 radical (unpaired) electrons. The Morgan fingerprint density at radius 3 is 1.79 bits per heavy atom. The molecule has 0 rings (SSSR count). The van der Waals surface area contributed by atoms with Gasteiger partial charge in [0, 0.05) is 19.6 Å². The van der Waals surface area contributed by atoms with Gasteiger partial charge in [0.15, 0.2) is 0 Å². The number of unbranched alkanes of at least 4 members (excludes halogenated alkanes) is 4. The quantitative estimate of drug-likeness (QED) is 0.173. The first-order valence-corrected chi connectivity index (χ1v) is 12.0. The number of amides is 1. The topological polar surface area (TPSA) is 104 Å². The lowest BCUT2D eigenvalue weighted by Crippen LogP contribution is -2.28. The summed E-state index contributed by atoms with van der Waals surface area (Å²) in [5.41, 5.74) is 0. The van der Waals surface area contributed by atoms with Crippen molar-refractivity contribution in [1.29, 1.82) is 0 Å². The zero-order valence-corrected chi connectivity index (χ0v) is 18.2. The van der Waals surface area contributed by atoms with Crippen LogP contribution < -0.4 is 5.32 Å². The van der Waals surface area contributed by atoms with Crippen LogP contribution >= 0.6 is 0 Å². The van der Waals surface area contributed by atoms with Crippen LogP contribution in [0.15, 0.2) is 48.6 Å². The molecule has 29 heavy (non-hydrogen) atoms. The average molecular weight is 428 g/mol. The summed E-state index contributed by atoms with van der Waals surface area (Å²) in [6.07, 6.45) is 25.8. The van der Waals surface area contributed by atoms with E-state index in [0.29, 0.717) is 19.4 Å². The number of aliphatic hydroxyl groups is 1. The van der Waals surface area contributed by atoms with Crippen molar-refractivity contribution >= 4 is 16.0 Å². The summed E-state index contributed by atoms with van der Waals surface area (Å²) in [6.45, 7) is 0.229. The van der Waals surface area contributed by atoms with Crippen LogP contribution in [0, 0.1) is 0 Å². The zero-order valence-electron chi connectivity index (χ0n) is 17.3. The maximum atomic E-state index is 11.5. The largest absolute Gasteiger partial charge is 0.396 e. The second-order valence-electron chi connectivity index (χ2n) is 6.69. The number of allylic oxidation sites excluding steroid dienone is 8. The molecule has 0 bridgehead atoms. The molecule has 0 unspecified atom stereocenters. The first-order valence-electron chi connectivity index (χ1n) is 10.4. The van der Waals surface area contributed by atoms with Gasteiger partial charge in [-0.15, -0.1) is 0 Å². The van der Waals surface area contributed by atoms with E-state index in [1.165, 1.54) is 0 Å². The Bertz CT molecular complexity index is 621. The standard InChI is InChI=1S/C22H37NO5S/c24-20-17-15-13-11-9-7-5-3-1-2-4-6-8-10-12-14-16-18-22(25)23-19-21-29(26,27)28/h1,3-4,6-7,9-10,12,24H,2,5,8,11,13-21H2,(H,23,25)(H,26,27,28)/b3-1-,6-4-,9-7-,12-10-. The minimum Gasteiger partial charge on any atom is -0.396 e. The molecule has 0 fully saturated rings. The number of nitrogens with one attached hydrogen (secondary N) is 1. The Hall–Kier alpha value is -1.70. The van der Waals surface area contributed by atoms with Crippen LogP contribution in [0.4, 0.5) is 0 Å². The lowest BCUT2D eigenvalue weighted by Gasteiger charge is -2.02. The molecule has 1 amide bonds. The molecule has 166 valence electrons. The number of carbonyl (C=O) groups is 1. The van der Waals surface area contributed by atoms with E-state index < -0.39 is 15.9 Å². The highest BCUT2D eigenvalue weighted by atomic mass is 32.2. The molecule has 0 aromatic rings. The molecule has 0 atom stereocenters. The van der Waals surface area contributed by atoms with Crippen molar-refractivity contribution in [3.05, 3.63) is 48.6 Å². The van der Waals surface area contributed by atoms with Gasteiger partial charge in [-0.2, -0.15) is 8.42 Å². The summed E-state index contributed by atoms with van der Waals surface area (Å²) in [5.74, 6) is -0.659. The summed E-state index contributed by atoms with van der Waals surface area (Å²) < 4.78 is 29.6. The third-order valence-corrected chi connectivity index (χ3v) is 4.69. The van der Waals surface area contributed by atoms with Crippen LogP contribution in [0.1, 0.15) is 64.2 Å². The van der Waals surface area contributed by atoms with Crippen LogP contribution in [0.3, 0.4) is 0 Å². The molecular weight excluding hydrogens is 390 g/mol. The van der Waals surface area contributed by atoms with Crippen LogP contribution in [0.25, 0.3) is 0 Å². The molecule has 6 nitrogen and oxygen atoms in total. The van der Waals surface area contributed by atoms with Crippen LogP contribution in [-0.2, 0) is 14.9 Å². The van der Waals surface area contributed by atoms with Gasteiger partial charge in [-0.25, -0.2) is 0 Å². The molecular formula is C22H37NO5S. The Labute approximate surface area is 176 Å².